The number of hydrazine groups is 1. The third kappa shape index (κ3) is 2.37. The number of hydrogen-bond acceptors (Lipinski definition) is 4. The lowest BCUT2D eigenvalue weighted by Crippen LogP contribution is -2.54. The summed E-state index contributed by atoms with van der Waals surface area (Å²) in [6.45, 7) is 0. The van der Waals surface area contributed by atoms with Crippen LogP contribution in [0, 0.1) is 17.8 Å². The van der Waals surface area contributed by atoms with Gasteiger partial charge in [-0.15, -0.1) is 0 Å². The van der Waals surface area contributed by atoms with Crippen LogP contribution in [-0.4, -0.2) is 10.5 Å². The SMILES string of the molecule is NNc1nc(NC23CC4CC(CC(C4)C2)C3)c(Cl)cc1Cl. The highest BCUT2D eigenvalue weighted by Gasteiger charge is 2.51. The topological polar surface area (TPSA) is 63.0 Å². The summed E-state index contributed by atoms with van der Waals surface area (Å²) < 4.78 is 0. The molecular formula is C15H20Cl2N4. The molecule has 4 nitrogen and oxygen atoms in total. The van der Waals surface area contributed by atoms with Crippen molar-refractivity contribution in [2.24, 2.45) is 23.6 Å². The van der Waals surface area contributed by atoms with E-state index in [2.05, 4.69) is 15.7 Å². The molecule has 4 aliphatic carbocycles. The third-order valence-electron chi connectivity index (χ3n) is 5.49. The Hall–Kier alpha value is -0.710. The number of nitrogens with zero attached hydrogens (tertiary/aromatic N) is 1. The summed E-state index contributed by atoms with van der Waals surface area (Å²) >= 11 is 12.4. The first-order chi connectivity index (χ1) is 10.1. The second-order valence-corrected chi connectivity index (χ2v) is 7.93. The van der Waals surface area contributed by atoms with E-state index in [1.54, 1.807) is 6.07 Å². The van der Waals surface area contributed by atoms with Gasteiger partial charge in [0.1, 0.15) is 5.82 Å². The van der Waals surface area contributed by atoms with Gasteiger partial charge in [0.05, 0.1) is 10.0 Å². The van der Waals surface area contributed by atoms with E-state index in [0.717, 1.165) is 17.8 Å². The van der Waals surface area contributed by atoms with E-state index in [0.29, 0.717) is 21.7 Å². The van der Waals surface area contributed by atoms with Crippen molar-refractivity contribution in [1.29, 1.82) is 0 Å². The highest BCUT2D eigenvalue weighted by atomic mass is 35.5. The van der Waals surface area contributed by atoms with Crippen molar-refractivity contribution >= 4 is 34.8 Å². The van der Waals surface area contributed by atoms with Crippen LogP contribution in [0.1, 0.15) is 38.5 Å². The number of hydrogen-bond donors (Lipinski definition) is 3. The second-order valence-electron chi connectivity index (χ2n) is 7.12. The summed E-state index contributed by atoms with van der Waals surface area (Å²) in [6.07, 6.45) is 7.97. The molecule has 0 radical (unpaired) electrons. The third-order valence-corrected chi connectivity index (χ3v) is 6.06. The average molecular weight is 327 g/mol. The van der Waals surface area contributed by atoms with Crippen LogP contribution in [0.5, 0.6) is 0 Å². The second kappa shape index (κ2) is 4.90. The maximum absolute atomic E-state index is 6.32. The molecule has 6 heteroatoms. The fourth-order valence-corrected chi connectivity index (χ4v) is 5.63. The molecule has 4 fully saturated rings. The number of aromatic nitrogens is 1. The van der Waals surface area contributed by atoms with E-state index in [-0.39, 0.29) is 5.54 Å². The maximum atomic E-state index is 6.32. The summed E-state index contributed by atoms with van der Waals surface area (Å²) in [5.41, 5.74) is 2.70. The van der Waals surface area contributed by atoms with Crippen molar-refractivity contribution in [2.75, 3.05) is 10.7 Å². The Bertz CT molecular complexity index is 540. The Morgan fingerprint density at radius 3 is 2.05 bits per heavy atom. The summed E-state index contributed by atoms with van der Waals surface area (Å²) in [7, 11) is 0. The fourth-order valence-electron chi connectivity index (χ4n) is 5.17. The van der Waals surface area contributed by atoms with Gasteiger partial charge in [-0.3, -0.25) is 0 Å². The molecule has 0 aliphatic heterocycles. The predicted molar refractivity (Wildman–Crippen MR) is 86.6 cm³/mol. The van der Waals surface area contributed by atoms with Crippen molar-refractivity contribution < 1.29 is 0 Å². The van der Waals surface area contributed by atoms with Gasteiger partial charge in [0.2, 0.25) is 0 Å². The van der Waals surface area contributed by atoms with Crippen LogP contribution in [0.25, 0.3) is 0 Å². The monoisotopic (exact) mass is 326 g/mol. The zero-order valence-corrected chi connectivity index (χ0v) is 13.3. The lowest BCUT2D eigenvalue weighted by atomic mass is 9.53. The van der Waals surface area contributed by atoms with Gasteiger partial charge in [-0.25, -0.2) is 10.8 Å². The summed E-state index contributed by atoms with van der Waals surface area (Å²) in [4.78, 5) is 4.46. The van der Waals surface area contributed by atoms with Gasteiger partial charge >= 0.3 is 0 Å². The van der Waals surface area contributed by atoms with Gasteiger partial charge in [0.25, 0.3) is 0 Å². The largest absolute Gasteiger partial charge is 0.363 e. The molecule has 114 valence electrons. The highest BCUT2D eigenvalue weighted by molar-refractivity contribution is 6.37. The molecule has 0 spiro atoms. The Kier molecular flexibility index (Phi) is 3.25. The van der Waals surface area contributed by atoms with Crippen LogP contribution in [0.2, 0.25) is 10.0 Å². The van der Waals surface area contributed by atoms with Crippen LogP contribution in [-0.2, 0) is 0 Å². The number of nitrogens with two attached hydrogens (primary N) is 1. The number of nitrogen functional groups attached to an aromatic ring is 1. The molecule has 1 aromatic heterocycles. The van der Waals surface area contributed by atoms with Crippen molar-refractivity contribution in [3.63, 3.8) is 0 Å². The summed E-state index contributed by atoms with van der Waals surface area (Å²) in [5.74, 6) is 9.26. The normalized spacial score (nSPS) is 36.8. The van der Waals surface area contributed by atoms with E-state index < -0.39 is 0 Å². The Morgan fingerprint density at radius 1 is 1.00 bits per heavy atom. The lowest BCUT2D eigenvalue weighted by molar-refractivity contribution is 0.0105. The standard InChI is InChI=1S/C15H20Cl2N4/c16-11-4-12(17)14(21-18)19-13(11)20-15-5-8-1-9(6-15)3-10(2-8)7-15/h4,8-10H,1-3,5-7,18H2,(H2,19,20,21). The van der Waals surface area contributed by atoms with Crippen LogP contribution >= 0.6 is 23.2 Å². The number of rotatable bonds is 3. The van der Waals surface area contributed by atoms with Crippen molar-refractivity contribution in [3.8, 4) is 0 Å². The van der Waals surface area contributed by atoms with Crippen molar-refractivity contribution in [1.82, 2.24) is 4.98 Å². The zero-order chi connectivity index (χ0) is 14.6. The minimum absolute atomic E-state index is 0.172. The van der Waals surface area contributed by atoms with Gasteiger partial charge < -0.3 is 10.7 Å². The van der Waals surface area contributed by atoms with Gasteiger partial charge in [-0.2, -0.15) is 0 Å². The van der Waals surface area contributed by atoms with Crippen LogP contribution in [0.4, 0.5) is 11.6 Å². The first kappa shape index (κ1) is 13.9. The van der Waals surface area contributed by atoms with Crippen LogP contribution < -0.4 is 16.6 Å². The van der Waals surface area contributed by atoms with Gasteiger partial charge in [0.15, 0.2) is 5.82 Å². The van der Waals surface area contributed by atoms with E-state index in [4.69, 9.17) is 29.0 Å². The molecule has 1 heterocycles. The molecule has 0 unspecified atom stereocenters. The van der Waals surface area contributed by atoms with Gasteiger partial charge in [-0.05, 0) is 62.3 Å². The molecule has 0 amide bonds. The van der Waals surface area contributed by atoms with Crippen molar-refractivity contribution in [3.05, 3.63) is 16.1 Å². The smallest absolute Gasteiger partial charge is 0.161 e. The number of anilines is 2. The molecular weight excluding hydrogens is 307 g/mol. The average Bonchev–Trinajstić information content (AvgIpc) is 2.40. The molecule has 4 saturated carbocycles. The first-order valence-corrected chi connectivity index (χ1v) is 8.43. The minimum atomic E-state index is 0.172. The van der Waals surface area contributed by atoms with E-state index >= 15 is 0 Å². The maximum Gasteiger partial charge on any atom is 0.161 e. The van der Waals surface area contributed by atoms with Gasteiger partial charge in [-0.1, -0.05) is 23.2 Å². The highest BCUT2D eigenvalue weighted by Crippen LogP contribution is 2.56. The molecule has 4 bridgehead atoms. The van der Waals surface area contributed by atoms with E-state index in [9.17, 15) is 0 Å². The quantitative estimate of drug-likeness (QED) is 0.579. The van der Waals surface area contributed by atoms with Gasteiger partial charge in [0, 0.05) is 5.54 Å². The molecule has 21 heavy (non-hydrogen) atoms. The molecule has 4 N–H and O–H groups in total. The molecule has 5 rings (SSSR count). The fraction of sp³-hybridized carbons (Fsp3) is 0.667. The molecule has 4 aliphatic rings. The van der Waals surface area contributed by atoms with E-state index in [1.165, 1.54) is 38.5 Å². The number of nitrogens with one attached hydrogen (secondary N) is 2. The van der Waals surface area contributed by atoms with E-state index in [1.807, 2.05) is 0 Å². The summed E-state index contributed by atoms with van der Waals surface area (Å²) in [5, 5.41) is 4.67. The Morgan fingerprint density at radius 2 is 1.52 bits per heavy atom. The predicted octanol–water partition coefficient (Wildman–Crippen LogP) is 4.05. The summed E-state index contributed by atoms with van der Waals surface area (Å²) in [6, 6.07) is 1.70. The number of halogens is 2. The van der Waals surface area contributed by atoms with Crippen LogP contribution in [0.15, 0.2) is 6.07 Å². The Labute approximate surface area is 134 Å². The van der Waals surface area contributed by atoms with Crippen LogP contribution in [0.3, 0.4) is 0 Å². The Balaban J connectivity index is 1.64. The lowest BCUT2D eigenvalue weighted by Gasteiger charge is -2.57. The molecule has 1 aromatic rings. The van der Waals surface area contributed by atoms with Crippen molar-refractivity contribution in [2.45, 2.75) is 44.1 Å². The molecule has 0 saturated heterocycles. The molecule has 0 aromatic carbocycles. The first-order valence-electron chi connectivity index (χ1n) is 7.68. The number of pyridine rings is 1. The minimum Gasteiger partial charge on any atom is -0.363 e. The molecule has 0 atom stereocenters. The zero-order valence-electron chi connectivity index (χ0n) is 11.8.